The van der Waals surface area contributed by atoms with Gasteiger partial charge in [0.2, 0.25) is 0 Å². The van der Waals surface area contributed by atoms with Gasteiger partial charge >= 0.3 is 12.0 Å². The Morgan fingerprint density at radius 3 is 2.67 bits per heavy atom. The predicted octanol–water partition coefficient (Wildman–Crippen LogP) is 3.20. The van der Waals surface area contributed by atoms with Crippen LogP contribution in [0.2, 0.25) is 5.02 Å². The van der Waals surface area contributed by atoms with Crippen molar-refractivity contribution in [3.63, 3.8) is 0 Å². The third-order valence-electron chi connectivity index (χ3n) is 3.16. The predicted molar refractivity (Wildman–Crippen MR) is 82.4 cm³/mol. The van der Waals surface area contributed by atoms with E-state index < -0.39 is 5.97 Å². The van der Waals surface area contributed by atoms with Gasteiger partial charge in [-0.05, 0) is 37.0 Å². The third kappa shape index (κ3) is 6.99. The van der Waals surface area contributed by atoms with E-state index in [1.54, 1.807) is 6.07 Å². The number of rotatable bonds is 7. The Morgan fingerprint density at radius 2 is 2.05 bits per heavy atom. The van der Waals surface area contributed by atoms with Gasteiger partial charge in [-0.3, -0.25) is 4.79 Å². The minimum atomic E-state index is -0.819. The van der Waals surface area contributed by atoms with Crippen LogP contribution in [0.1, 0.15) is 38.3 Å². The molecular weight excluding hydrogens is 292 g/mol. The van der Waals surface area contributed by atoms with Crippen LogP contribution in [-0.4, -0.2) is 23.7 Å². The van der Waals surface area contributed by atoms with Crippen molar-refractivity contribution in [1.29, 1.82) is 0 Å². The average molecular weight is 313 g/mol. The normalized spacial score (nSPS) is 13.3. The first-order chi connectivity index (χ1) is 9.88. The van der Waals surface area contributed by atoms with E-state index in [1.165, 1.54) is 0 Å². The zero-order valence-corrected chi connectivity index (χ0v) is 13.0. The van der Waals surface area contributed by atoms with Gasteiger partial charge in [0.25, 0.3) is 0 Å². The van der Waals surface area contributed by atoms with Crippen molar-refractivity contribution >= 4 is 23.6 Å². The third-order valence-corrected chi connectivity index (χ3v) is 3.39. The summed E-state index contributed by atoms with van der Waals surface area (Å²) in [6.07, 6.45) is 0.656. The first kappa shape index (κ1) is 17.3. The maximum absolute atomic E-state index is 11.8. The average Bonchev–Trinajstić information content (AvgIpc) is 2.42. The number of carbonyl (C=O) groups is 2. The summed E-state index contributed by atoms with van der Waals surface area (Å²) in [6.45, 7) is 4.23. The summed E-state index contributed by atoms with van der Waals surface area (Å²) in [5.41, 5.74) is 0.927. The first-order valence-electron chi connectivity index (χ1n) is 6.90. The lowest BCUT2D eigenvalue weighted by Gasteiger charge is -2.17. The van der Waals surface area contributed by atoms with E-state index in [-0.39, 0.29) is 24.4 Å². The van der Waals surface area contributed by atoms with Crippen LogP contribution in [0.25, 0.3) is 0 Å². The zero-order valence-electron chi connectivity index (χ0n) is 12.2. The number of urea groups is 1. The minimum absolute atomic E-state index is 0.114. The van der Waals surface area contributed by atoms with Crippen molar-refractivity contribution in [3.05, 3.63) is 34.9 Å². The van der Waals surface area contributed by atoms with Gasteiger partial charge in [0.15, 0.2) is 0 Å². The Labute approximate surface area is 129 Å². The lowest BCUT2D eigenvalue weighted by molar-refractivity contribution is -0.137. The van der Waals surface area contributed by atoms with Gasteiger partial charge in [-0.15, -0.1) is 0 Å². The highest BCUT2D eigenvalue weighted by Crippen LogP contribution is 2.17. The molecule has 0 fully saturated rings. The number of hydrogen-bond donors (Lipinski definition) is 3. The van der Waals surface area contributed by atoms with Crippen LogP contribution in [0, 0.1) is 5.92 Å². The van der Waals surface area contributed by atoms with E-state index >= 15 is 0 Å². The molecule has 5 nitrogen and oxygen atoms in total. The number of carboxylic acids is 1. The molecule has 2 unspecified atom stereocenters. The Bertz CT molecular complexity index is 494. The molecule has 0 spiro atoms. The number of carbonyl (C=O) groups excluding carboxylic acids is 1. The summed E-state index contributed by atoms with van der Waals surface area (Å²) in [7, 11) is 0. The smallest absolute Gasteiger partial charge is 0.315 e. The molecule has 0 heterocycles. The minimum Gasteiger partial charge on any atom is -0.481 e. The van der Waals surface area contributed by atoms with Crippen LogP contribution in [-0.2, 0) is 4.79 Å². The fraction of sp³-hybridized carbons (Fsp3) is 0.467. The second kappa shape index (κ2) is 8.52. The Hall–Kier alpha value is -1.75. The molecule has 1 aromatic rings. The number of halogens is 1. The van der Waals surface area contributed by atoms with Crippen molar-refractivity contribution in [2.24, 2.45) is 5.92 Å². The van der Waals surface area contributed by atoms with Crippen LogP contribution >= 0.6 is 11.6 Å². The number of amides is 2. The molecule has 0 saturated carbocycles. The molecule has 0 aromatic heterocycles. The van der Waals surface area contributed by atoms with Crippen LogP contribution < -0.4 is 10.6 Å². The quantitative estimate of drug-likeness (QED) is 0.723. The molecule has 6 heteroatoms. The Balaban J connectivity index is 2.34. The molecule has 1 aromatic carbocycles. The van der Waals surface area contributed by atoms with Gasteiger partial charge in [0.05, 0.1) is 6.04 Å². The number of aliphatic carboxylic acids is 1. The first-order valence-corrected chi connectivity index (χ1v) is 7.28. The van der Waals surface area contributed by atoms with E-state index in [1.807, 2.05) is 32.0 Å². The molecular formula is C15H21ClN2O3. The molecule has 3 N–H and O–H groups in total. The van der Waals surface area contributed by atoms with Crippen molar-refractivity contribution in [3.8, 4) is 0 Å². The van der Waals surface area contributed by atoms with E-state index in [0.717, 1.165) is 5.56 Å². The van der Waals surface area contributed by atoms with Crippen molar-refractivity contribution in [2.45, 2.75) is 32.7 Å². The maximum atomic E-state index is 11.8. The zero-order chi connectivity index (χ0) is 15.8. The largest absolute Gasteiger partial charge is 0.481 e. The molecule has 1 rings (SSSR count). The lowest BCUT2D eigenvalue weighted by atomic mass is 10.1. The summed E-state index contributed by atoms with van der Waals surface area (Å²) < 4.78 is 0. The van der Waals surface area contributed by atoms with Gasteiger partial charge in [-0.1, -0.05) is 30.7 Å². The van der Waals surface area contributed by atoms with Crippen molar-refractivity contribution < 1.29 is 14.7 Å². The van der Waals surface area contributed by atoms with Gasteiger partial charge in [-0.25, -0.2) is 4.79 Å². The summed E-state index contributed by atoms with van der Waals surface area (Å²) >= 11 is 5.91. The summed E-state index contributed by atoms with van der Waals surface area (Å²) in [4.78, 5) is 22.2. The van der Waals surface area contributed by atoms with Gasteiger partial charge < -0.3 is 15.7 Å². The van der Waals surface area contributed by atoms with E-state index in [2.05, 4.69) is 10.6 Å². The van der Waals surface area contributed by atoms with Crippen molar-refractivity contribution in [1.82, 2.24) is 10.6 Å². The summed E-state index contributed by atoms with van der Waals surface area (Å²) in [5, 5.41) is 14.8. The Morgan fingerprint density at radius 1 is 1.33 bits per heavy atom. The van der Waals surface area contributed by atoms with Gasteiger partial charge in [0.1, 0.15) is 0 Å². The van der Waals surface area contributed by atoms with E-state index in [0.29, 0.717) is 18.0 Å². The van der Waals surface area contributed by atoms with E-state index in [4.69, 9.17) is 16.7 Å². The highest BCUT2D eigenvalue weighted by atomic mass is 35.5. The topological polar surface area (TPSA) is 78.4 Å². The molecule has 0 bridgehead atoms. The highest BCUT2D eigenvalue weighted by molar-refractivity contribution is 6.30. The monoisotopic (exact) mass is 312 g/mol. The molecule has 0 aliphatic carbocycles. The highest BCUT2D eigenvalue weighted by Gasteiger charge is 2.11. The SMILES string of the molecule is CC(CCC(=O)O)CNC(=O)NC(C)c1cccc(Cl)c1. The van der Waals surface area contributed by atoms with Crippen LogP contribution in [0.5, 0.6) is 0 Å². The van der Waals surface area contributed by atoms with Crippen LogP contribution in [0.15, 0.2) is 24.3 Å². The molecule has 116 valence electrons. The second-order valence-corrected chi connectivity index (χ2v) is 5.61. The molecule has 0 aliphatic heterocycles. The fourth-order valence-corrected chi connectivity index (χ4v) is 2.04. The number of benzene rings is 1. The molecule has 21 heavy (non-hydrogen) atoms. The van der Waals surface area contributed by atoms with Crippen LogP contribution in [0.4, 0.5) is 4.79 Å². The summed E-state index contributed by atoms with van der Waals surface area (Å²) in [5.74, 6) is -0.700. The van der Waals surface area contributed by atoms with Gasteiger partial charge in [0, 0.05) is 18.0 Å². The molecule has 0 radical (unpaired) electrons. The number of hydrogen-bond acceptors (Lipinski definition) is 2. The number of carboxylic acid groups (broad SMARTS) is 1. The van der Waals surface area contributed by atoms with Crippen LogP contribution in [0.3, 0.4) is 0 Å². The number of nitrogens with one attached hydrogen (secondary N) is 2. The molecule has 2 amide bonds. The van der Waals surface area contributed by atoms with Gasteiger partial charge in [-0.2, -0.15) is 0 Å². The molecule has 2 atom stereocenters. The van der Waals surface area contributed by atoms with Crippen molar-refractivity contribution in [2.75, 3.05) is 6.54 Å². The van der Waals surface area contributed by atoms with E-state index in [9.17, 15) is 9.59 Å². The molecule has 0 aliphatic rings. The standard InChI is InChI=1S/C15H21ClN2O3/c1-10(6-7-14(19)20)9-17-15(21)18-11(2)12-4-3-5-13(16)8-12/h3-5,8,10-11H,6-7,9H2,1-2H3,(H,19,20)(H2,17,18,21). The molecule has 0 saturated heterocycles. The lowest BCUT2D eigenvalue weighted by Crippen LogP contribution is -2.39. The summed E-state index contributed by atoms with van der Waals surface area (Å²) in [6, 6.07) is 6.89. The Kier molecular flexibility index (Phi) is 7.02. The second-order valence-electron chi connectivity index (χ2n) is 5.17. The maximum Gasteiger partial charge on any atom is 0.315 e. The fourth-order valence-electron chi connectivity index (χ4n) is 1.85.